The second-order valence-corrected chi connectivity index (χ2v) is 7.80. The summed E-state index contributed by atoms with van der Waals surface area (Å²) in [6.07, 6.45) is 8.53. The zero-order chi connectivity index (χ0) is 16.8. The van der Waals surface area contributed by atoms with Crippen LogP contribution in [-0.2, 0) is 11.3 Å². The molecule has 1 saturated carbocycles. The van der Waals surface area contributed by atoms with Crippen molar-refractivity contribution < 1.29 is 4.79 Å². The standard InChI is InChI=1S/C20H29ClN2O/c21-19-9-5-4-8-18(19)15-23-12-10-17(11-13-23)20(24)22-14-16-6-2-1-3-7-16/h4-5,8-9,16-17H,1-3,6-7,10-15H2,(H,22,24). The van der Waals surface area contributed by atoms with E-state index in [4.69, 9.17) is 11.6 Å². The van der Waals surface area contributed by atoms with Gasteiger partial charge in [0.25, 0.3) is 0 Å². The Labute approximate surface area is 150 Å². The van der Waals surface area contributed by atoms with Crippen LogP contribution in [0.4, 0.5) is 0 Å². The number of likely N-dealkylation sites (tertiary alicyclic amines) is 1. The lowest BCUT2D eigenvalue weighted by Crippen LogP contribution is -2.41. The minimum absolute atomic E-state index is 0.191. The lowest BCUT2D eigenvalue weighted by molar-refractivity contribution is -0.126. The second-order valence-electron chi connectivity index (χ2n) is 7.39. The first-order valence-corrected chi connectivity index (χ1v) is 9.83. The third-order valence-electron chi connectivity index (χ3n) is 5.60. The molecule has 0 radical (unpaired) electrons. The number of hydrogen-bond acceptors (Lipinski definition) is 2. The van der Waals surface area contributed by atoms with Crippen LogP contribution >= 0.6 is 11.6 Å². The van der Waals surface area contributed by atoms with Crippen molar-refractivity contribution in [1.29, 1.82) is 0 Å². The molecule has 1 heterocycles. The molecule has 2 fully saturated rings. The van der Waals surface area contributed by atoms with Crippen LogP contribution in [0.5, 0.6) is 0 Å². The monoisotopic (exact) mass is 348 g/mol. The van der Waals surface area contributed by atoms with E-state index < -0.39 is 0 Å². The van der Waals surface area contributed by atoms with Gasteiger partial charge < -0.3 is 5.32 Å². The number of piperidine rings is 1. The lowest BCUT2D eigenvalue weighted by atomic mass is 9.89. The van der Waals surface area contributed by atoms with Crippen molar-refractivity contribution in [2.75, 3.05) is 19.6 Å². The maximum atomic E-state index is 12.4. The average molecular weight is 349 g/mol. The number of nitrogens with zero attached hydrogens (tertiary/aromatic N) is 1. The van der Waals surface area contributed by atoms with Gasteiger partial charge in [-0.1, -0.05) is 49.1 Å². The van der Waals surface area contributed by atoms with Crippen molar-refractivity contribution in [2.45, 2.75) is 51.5 Å². The Hall–Kier alpha value is -1.06. The quantitative estimate of drug-likeness (QED) is 0.862. The summed E-state index contributed by atoms with van der Waals surface area (Å²) in [6, 6.07) is 8.04. The molecule has 132 valence electrons. The predicted molar refractivity (Wildman–Crippen MR) is 99.0 cm³/mol. The van der Waals surface area contributed by atoms with Gasteiger partial charge in [-0.2, -0.15) is 0 Å². The van der Waals surface area contributed by atoms with Crippen LogP contribution in [0.25, 0.3) is 0 Å². The minimum atomic E-state index is 0.191. The average Bonchev–Trinajstić information content (AvgIpc) is 2.63. The molecule has 1 N–H and O–H groups in total. The molecule has 0 spiro atoms. The third-order valence-corrected chi connectivity index (χ3v) is 5.97. The topological polar surface area (TPSA) is 32.3 Å². The van der Waals surface area contributed by atoms with Crippen LogP contribution in [0, 0.1) is 11.8 Å². The summed E-state index contributed by atoms with van der Waals surface area (Å²) in [5.74, 6) is 1.18. The van der Waals surface area contributed by atoms with E-state index in [9.17, 15) is 4.79 Å². The minimum Gasteiger partial charge on any atom is -0.356 e. The van der Waals surface area contributed by atoms with Gasteiger partial charge in [0.15, 0.2) is 0 Å². The molecule has 1 saturated heterocycles. The molecule has 1 aromatic carbocycles. The number of benzene rings is 1. The largest absolute Gasteiger partial charge is 0.356 e. The van der Waals surface area contributed by atoms with Gasteiger partial charge >= 0.3 is 0 Å². The van der Waals surface area contributed by atoms with Crippen molar-refractivity contribution in [3.63, 3.8) is 0 Å². The Morgan fingerprint density at radius 1 is 1.08 bits per heavy atom. The summed E-state index contributed by atoms with van der Waals surface area (Å²) in [4.78, 5) is 14.8. The molecule has 0 unspecified atom stereocenters. The molecule has 0 aromatic heterocycles. The van der Waals surface area contributed by atoms with E-state index >= 15 is 0 Å². The van der Waals surface area contributed by atoms with Crippen molar-refractivity contribution in [3.8, 4) is 0 Å². The first-order chi connectivity index (χ1) is 11.7. The molecule has 0 atom stereocenters. The number of carbonyl (C=O) groups excluding carboxylic acids is 1. The van der Waals surface area contributed by atoms with Gasteiger partial charge in [0, 0.05) is 24.0 Å². The van der Waals surface area contributed by atoms with Crippen molar-refractivity contribution in [2.24, 2.45) is 11.8 Å². The van der Waals surface area contributed by atoms with Crippen LogP contribution in [0.15, 0.2) is 24.3 Å². The fraction of sp³-hybridized carbons (Fsp3) is 0.650. The summed E-state index contributed by atoms with van der Waals surface area (Å²) in [5, 5.41) is 4.05. The highest BCUT2D eigenvalue weighted by molar-refractivity contribution is 6.31. The first kappa shape index (κ1) is 17.8. The van der Waals surface area contributed by atoms with Gasteiger partial charge in [0.2, 0.25) is 5.91 Å². The van der Waals surface area contributed by atoms with Crippen LogP contribution < -0.4 is 5.32 Å². The van der Waals surface area contributed by atoms with Gasteiger partial charge in [-0.25, -0.2) is 0 Å². The van der Waals surface area contributed by atoms with E-state index in [1.165, 1.54) is 37.7 Å². The SMILES string of the molecule is O=C(NCC1CCCCC1)C1CCN(Cc2ccccc2Cl)CC1. The van der Waals surface area contributed by atoms with Gasteiger partial charge in [0.1, 0.15) is 0 Å². The first-order valence-electron chi connectivity index (χ1n) is 9.46. The molecule has 4 heteroatoms. The molecular weight excluding hydrogens is 320 g/mol. The molecule has 24 heavy (non-hydrogen) atoms. The highest BCUT2D eigenvalue weighted by atomic mass is 35.5. The fourth-order valence-corrected chi connectivity index (χ4v) is 4.20. The molecular formula is C20H29ClN2O. The zero-order valence-corrected chi connectivity index (χ0v) is 15.2. The Balaban J connectivity index is 1.39. The van der Waals surface area contributed by atoms with Gasteiger partial charge in [0.05, 0.1) is 0 Å². The molecule has 1 amide bonds. The Morgan fingerprint density at radius 3 is 2.50 bits per heavy atom. The molecule has 3 rings (SSSR count). The van der Waals surface area contributed by atoms with Gasteiger partial charge in [-0.15, -0.1) is 0 Å². The van der Waals surface area contributed by atoms with E-state index in [1.54, 1.807) is 0 Å². The summed E-state index contributed by atoms with van der Waals surface area (Å²) < 4.78 is 0. The molecule has 0 bridgehead atoms. The Kier molecular flexibility index (Phi) is 6.56. The number of amides is 1. The number of carbonyl (C=O) groups is 1. The summed E-state index contributed by atoms with van der Waals surface area (Å²) in [5.41, 5.74) is 1.18. The van der Waals surface area contributed by atoms with Crippen molar-refractivity contribution >= 4 is 17.5 Å². The number of nitrogens with one attached hydrogen (secondary N) is 1. The van der Waals surface area contributed by atoms with Crippen LogP contribution in [0.1, 0.15) is 50.5 Å². The van der Waals surface area contributed by atoms with E-state index in [2.05, 4.69) is 16.3 Å². The summed E-state index contributed by atoms with van der Waals surface area (Å²) >= 11 is 6.25. The molecule has 1 aliphatic heterocycles. The predicted octanol–water partition coefficient (Wildman–Crippen LogP) is 4.25. The third kappa shape index (κ3) is 4.97. The van der Waals surface area contributed by atoms with Crippen molar-refractivity contribution in [1.82, 2.24) is 10.2 Å². The number of rotatable bonds is 5. The Bertz CT molecular complexity index is 534. The van der Waals surface area contributed by atoms with Crippen LogP contribution in [0.2, 0.25) is 5.02 Å². The van der Waals surface area contributed by atoms with E-state index in [1.807, 2.05) is 18.2 Å². The Morgan fingerprint density at radius 2 is 1.79 bits per heavy atom. The zero-order valence-electron chi connectivity index (χ0n) is 14.5. The summed E-state index contributed by atoms with van der Waals surface area (Å²) in [6.45, 7) is 3.73. The number of halogens is 1. The number of hydrogen-bond donors (Lipinski definition) is 1. The second kappa shape index (κ2) is 8.87. The smallest absolute Gasteiger partial charge is 0.223 e. The van der Waals surface area contributed by atoms with Crippen molar-refractivity contribution in [3.05, 3.63) is 34.9 Å². The van der Waals surface area contributed by atoms with Gasteiger partial charge in [-0.3, -0.25) is 9.69 Å². The normalized spacial score (nSPS) is 20.9. The maximum Gasteiger partial charge on any atom is 0.223 e. The molecule has 3 nitrogen and oxygen atoms in total. The van der Waals surface area contributed by atoms with E-state index in [0.717, 1.165) is 44.0 Å². The fourth-order valence-electron chi connectivity index (χ4n) is 4.00. The van der Waals surface area contributed by atoms with Gasteiger partial charge in [-0.05, 0) is 56.3 Å². The highest BCUT2D eigenvalue weighted by Gasteiger charge is 2.25. The molecule has 2 aliphatic rings. The molecule has 1 aromatic rings. The van der Waals surface area contributed by atoms with Crippen LogP contribution in [0.3, 0.4) is 0 Å². The van der Waals surface area contributed by atoms with Crippen LogP contribution in [-0.4, -0.2) is 30.4 Å². The maximum absolute atomic E-state index is 12.4. The lowest BCUT2D eigenvalue weighted by Gasteiger charge is -2.32. The molecule has 1 aliphatic carbocycles. The van der Waals surface area contributed by atoms with E-state index in [-0.39, 0.29) is 11.8 Å². The highest BCUT2D eigenvalue weighted by Crippen LogP contribution is 2.24. The summed E-state index contributed by atoms with van der Waals surface area (Å²) in [7, 11) is 0. The van der Waals surface area contributed by atoms with E-state index in [0.29, 0.717) is 5.92 Å².